The van der Waals surface area contributed by atoms with E-state index in [1.165, 1.54) is 16.3 Å². The van der Waals surface area contributed by atoms with Gasteiger partial charge in [0, 0.05) is 40.7 Å². The summed E-state index contributed by atoms with van der Waals surface area (Å²) in [5, 5.41) is 3.35. The van der Waals surface area contributed by atoms with Crippen molar-refractivity contribution in [2.45, 2.75) is 0 Å². The van der Waals surface area contributed by atoms with Crippen molar-refractivity contribution in [3.8, 4) is 44.8 Å². The van der Waals surface area contributed by atoms with Gasteiger partial charge in [0.2, 0.25) is 0 Å². The lowest BCUT2D eigenvalue weighted by molar-refractivity contribution is 1.22. The van der Waals surface area contributed by atoms with E-state index in [2.05, 4.69) is 115 Å². The Morgan fingerprint density at radius 1 is 0.381 bits per heavy atom. The van der Waals surface area contributed by atoms with E-state index in [-0.39, 0.29) is 0 Å². The summed E-state index contributed by atoms with van der Waals surface area (Å²) in [5.74, 6) is 0.673. The first kappa shape index (κ1) is 24.1. The molecule has 196 valence electrons. The molecule has 0 spiro atoms. The van der Waals surface area contributed by atoms with Gasteiger partial charge in [0.15, 0.2) is 5.82 Å². The van der Waals surface area contributed by atoms with Gasteiger partial charge in [-0.05, 0) is 33.0 Å². The minimum Gasteiger partial charge on any atom is -0.252 e. The molecule has 4 nitrogen and oxygen atoms in total. The third kappa shape index (κ3) is 4.01. The van der Waals surface area contributed by atoms with E-state index in [1.807, 2.05) is 18.3 Å². The Bertz CT molecular complexity index is 2220. The lowest BCUT2D eigenvalue weighted by atomic mass is 9.90. The molecule has 0 atom stereocenters. The largest absolute Gasteiger partial charge is 0.252 e. The summed E-state index contributed by atoms with van der Waals surface area (Å²) in [4.78, 5) is 19.6. The Balaban J connectivity index is 1.35. The lowest BCUT2D eigenvalue weighted by Gasteiger charge is -2.17. The first-order valence-electron chi connectivity index (χ1n) is 14.0. The van der Waals surface area contributed by atoms with Crippen molar-refractivity contribution in [2.75, 3.05) is 0 Å². The molecule has 0 aliphatic heterocycles. The summed E-state index contributed by atoms with van der Waals surface area (Å²) in [6.07, 6.45) is 5.38. The molecule has 0 bridgehead atoms. The van der Waals surface area contributed by atoms with Crippen LogP contribution < -0.4 is 0 Å². The molecule has 2 heterocycles. The van der Waals surface area contributed by atoms with E-state index < -0.39 is 0 Å². The van der Waals surface area contributed by atoms with Crippen LogP contribution in [-0.2, 0) is 0 Å². The predicted molar refractivity (Wildman–Crippen MR) is 172 cm³/mol. The molecule has 0 aliphatic rings. The number of rotatable bonds is 4. The maximum Gasteiger partial charge on any atom is 0.159 e. The van der Waals surface area contributed by atoms with Crippen molar-refractivity contribution < 1.29 is 0 Å². The first-order chi connectivity index (χ1) is 20.8. The highest BCUT2D eigenvalue weighted by Crippen LogP contribution is 2.42. The van der Waals surface area contributed by atoms with Crippen LogP contribution >= 0.6 is 0 Å². The van der Waals surface area contributed by atoms with Gasteiger partial charge in [-0.15, -0.1) is 0 Å². The Kier molecular flexibility index (Phi) is 5.75. The SMILES string of the molecule is c1ccc(-c2c(-c3ccccc3)c3nccnc3c3cnc(-c4ccc(-c5cccc6ccccc56)cc4)nc23)cc1. The molecular formula is C38H24N4. The van der Waals surface area contributed by atoms with Crippen molar-refractivity contribution in [2.24, 2.45) is 0 Å². The summed E-state index contributed by atoms with van der Waals surface area (Å²) in [7, 11) is 0. The molecule has 6 aromatic carbocycles. The smallest absolute Gasteiger partial charge is 0.159 e. The average molecular weight is 537 g/mol. The van der Waals surface area contributed by atoms with Gasteiger partial charge in [-0.2, -0.15) is 0 Å². The second-order valence-electron chi connectivity index (χ2n) is 10.3. The Morgan fingerprint density at radius 3 is 1.71 bits per heavy atom. The van der Waals surface area contributed by atoms with E-state index in [0.717, 1.165) is 55.3 Å². The van der Waals surface area contributed by atoms with E-state index >= 15 is 0 Å². The third-order valence-electron chi connectivity index (χ3n) is 7.83. The first-order valence-corrected chi connectivity index (χ1v) is 14.0. The molecule has 8 aromatic rings. The average Bonchev–Trinajstić information content (AvgIpc) is 3.08. The maximum atomic E-state index is 5.23. The minimum atomic E-state index is 0.673. The number of fused-ring (bicyclic) bond motifs is 4. The molecule has 42 heavy (non-hydrogen) atoms. The van der Waals surface area contributed by atoms with Crippen LogP contribution in [-0.4, -0.2) is 19.9 Å². The quantitative estimate of drug-likeness (QED) is 0.210. The monoisotopic (exact) mass is 536 g/mol. The third-order valence-corrected chi connectivity index (χ3v) is 7.83. The minimum absolute atomic E-state index is 0.673. The van der Waals surface area contributed by atoms with Gasteiger partial charge in [-0.3, -0.25) is 9.97 Å². The van der Waals surface area contributed by atoms with Crippen LogP contribution in [0.3, 0.4) is 0 Å². The highest BCUT2D eigenvalue weighted by atomic mass is 14.9. The van der Waals surface area contributed by atoms with Gasteiger partial charge in [0.05, 0.1) is 11.0 Å². The molecule has 0 unspecified atom stereocenters. The molecule has 8 rings (SSSR count). The van der Waals surface area contributed by atoms with Crippen molar-refractivity contribution in [1.29, 1.82) is 0 Å². The van der Waals surface area contributed by atoms with E-state index in [1.54, 1.807) is 12.4 Å². The highest BCUT2D eigenvalue weighted by molar-refractivity contribution is 6.17. The summed E-state index contributed by atoms with van der Waals surface area (Å²) in [5.41, 5.74) is 10.0. The van der Waals surface area contributed by atoms with E-state index in [4.69, 9.17) is 19.9 Å². The van der Waals surface area contributed by atoms with Crippen LogP contribution in [0.2, 0.25) is 0 Å². The van der Waals surface area contributed by atoms with Crippen LogP contribution in [0.1, 0.15) is 0 Å². The topological polar surface area (TPSA) is 51.6 Å². The van der Waals surface area contributed by atoms with Crippen molar-refractivity contribution in [1.82, 2.24) is 19.9 Å². The van der Waals surface area contributed by atoms with Gasteiger partial charge < -0.3 is 0 Å². The predicted octanol–water partition coefficient (Wildman–Crippen LogP) is 9.39. The van der Waals surface area contributed by atoms with Crippen molar-refractivity contribution in [3.05, 3.63) is 146 Å². The molecule has 0 radical (unpaired) electrons. The normalized spacial score (nSPS) is 11.3. The number of nitrogens with zero attached hydrogens (tertiary/aromatic N) is 4. The van der Waals surface area contributed by atoms with Crippen LogP contribution in [0, 0.1) is 0 Å². The second-order valence-corrected chi connectivity index (χ2v) is 10.3. The summed E-state index contributed by atoms with van der Waals surface area (Å²) in [6.45, 7) is 0. The van der Waals surface area contributed by atoms with Crippen molar-refractivity contribution >= 4 is 32.7 Å². The molecule has 0 N–H and O–H groups in total. The fraction of sp³-hybridized carbons (Fsp3) is 0. The molecular weight excluding hydrogens is 512 g/mol. The maximum absolute atomic E-state index is 5.23. The fourth-order valence-corrected chi connectivity index (χ4v) is 5.89. The van der Waals surface area contributed by atoms with Gasteiger partial charge in [0.25, 0.3) is 0 Å². The number of hydrogen-bond donors (Lipinski definition) is 0. The zero-order valence-corrected chi connectivity index (χ0v) is 22.6. The van der Waals surface area contributed by atoms with Gasteiger partial charge in [-0.1, -0.05) is 127 Å². The number of aromatic nitrogens is 4. The van der Waals surface area contributed by atoms with Gasteiger partial charge >= 0.3 is 0 Å². The summed E-state index contributed by atoms with van der Waals surface area (Å²) >= 11 is 0. The Morgan fingerprint density at radius 2 is 0.976 bits per heavy atom. The second kappa shape index (κ2) is 10.0. The van der Waals surface area contributed by atoms with Crippen molar-refractivity contribution in [3.63, 3.8) is 0 Å². The van der Waals surface area contributed by atoms with Crippen LogP contribution in [0.25, 0.3) is 77.5 Å². The number of hydrogen-bond acceptors (Lipinski definition) is 4. The molecule has 0 aliphatic carbocycles. The van der Waals surface area contributed by atoms with Crippen LogP contribution in [0.15, 0.2) is 146 Å². The highest BCUT2D eigenvalue weighted by Gasteiger charge is 2.21. The van der Waals surface area contributed by atoms with Gasteiger partial charge in [0.1, 0.15) is 5.52 Å². The summed E-state index contributed by atoms with van der Waals surface area (Å²) < 4.78 is 0. The Labute approximate surface area is 243 Å². The van der Waals surface area contributed by atoms with Gasteiger partial charge in [-0.25, -0.2) is 9.97 Å². The fourth-order valence-electron chi connectivity index (χ4n) is 5.89. The molecule has 0 fully saturated rings. The van der Waals surface area contributed by atoms with E-state index in [0.29, 0.717) is 5.82 Å². The van der Waals surface area contributed by atoms with Crippen LogP contribution in [0.4, 0.5) is 0 Å². The molecule has 0 saturated heterocycles. The van der Waals surface area contributed by atoms with E-state index in [9.17, 15) is 0 Å². The lowest BCUT2D eigenvalue weighted by Crippen LogP contribution is -1.98. The summed E-state index contributed by atoms with van der Waals surface area (Å²) in [6, 6.07) is 44.3. The zero-order chi connectivity index (χ0) is 27.9. The van der Waals surface area contributed by atoms with Crippen LogP contribution in [0.5, 0.6) is 0 Å². The molecule has 4 heteroatoms. The molecule has 0 amide bonds. The molecule has 0 saturated carbocycles. The zero-order valence-electron chi connectivity index (χ0n) is 22.6. The Hall–Kier alpha value is -5.74. The standard InChI is InChI=1S/C38H24N4/c1-3-11-27(12-4-1)33-34(28-13-5-2-6-14-28)37-36(39-22-23-40-37)32-24-41-38(42-35(32)33)29-20-18-26(19-21-29)31-17-9-15-25-10-7-8-16-30(25)31/h1-24H. The number of benzene rings is 6. The molecule has 2 aromatic heterocycles.